The molecule has 5 aromatic carbocycles. The predicted molar refractivity (Wildman–Crippen MR) is 255 cm³/mol. The van der Waals surface area contributed by atoms with Gasteiger partial charge in [0.05, 0.1) is 24.6 Å². The SMILES string of the molecule is Cc1cc(C(C)(C)C)cc(C)c1N1c2cc3c(cc2B2c4c1cc(C(C)C)cc4N(c1c(C)cc(C(C)(C)C)cc1C)c1oc4ccc(C(C)(C)C)cc4c12)OCCCO3. The van der Waals surface area contributed by atoms with Crippen LogP contribution in [-0.2, 0) is 16.2 Å². The summed E-state index contributed by atoms with van der Waals surface area (Å²) in [5.74, 6) is 2.78. The van der Waals surface area contributed by atoms with Crippen molar-refractivity contribution in [2.45, 2.75) is 132 Å². The quantitative estimate of drug-likeness (QED) is 0.166. The highest BCUT2D eigenvalue weighted by atomic mass is 16.5. The third-order valence-corrected chi connectivity index (χ3v) is 13.3. The molecule has 4 heterocycles. The Bertz CT molecular complexity index is 2690. The van der Waals surface area contributed by atoms with Gasteiger partial charge in [0.15, 0.2) is 11.5 Å². The van der Waals surface area contributed by atoms with E-state index in [0.29, 0.717) is 13.2 Å². The molecular weight excluding hydrogens is 735 g/mol. The first-order chi connectivity index (χ1) is 28.1. The molecule has 1 aromatic heterocycles. The van der Waals surface area contributed by atoms with Crippen LogP contribution in [0.4, 0.5) is 34.3 Å². The molecule has 5 nitrogen and oxygen atoms in total. The Morgan fingerprint density at radius 2 is 1.05 bits per heavy atom. The van der Waals surface area contributed by atoms with Crippen molar-refractivity contribution in [3.05, 3.63) is 111 Å². The van der Waals surface area contributed by atoms with Crippen molar-refractivity contribution in [1.82, 2.24) is 0 Å². The van der Waals surface area contributed by atoms with Crippen LogP contribution in [0.1, 0.15) is 133 Å². The fraction of sp³-hybridized carbons (Fsp3) is 0.407. The van der Waals surface area contributed by atoms with E-state index in [1.807, 2.05) is 0 Å². The number of furan rings is 1. The van der Waals surface area contributed by atoms with Crippen molar-refractivity contribution < 1.29 is 13.9 Å². The molecule has 0 saturated heterocycles. The van der Waals surface area contributed by atoms with Crippen molar-refractivity contribution in [3.8, 4) is 11.5 Å². The molecule has 0 saturated carbocycles. The molecule has 0 aliphatic carbocycles. The number of fused-ring (bicyclic) bond motifs is 7. The average molecular weight is 799 g/mol. The Morgan fingerprint density at radius 3 is 1.57 bits per heavy atom. The van der Waals surface area contributed by atoms with Crippen molar-refractivity contribution in [1.29, 1.82) is 0 Å². The first-order valence-electron chi connectivity index (χ1n) is 22.2. The molecule has 0 atom stereocenters. The Balaban J connectivity index is 1.46. The van der Waals surface area contributed by atoms with E-state index in [1.54, 1.807) is 0 Å². The second-order valence-corrected chi connectivity index (χ2v) is 21.3. The molecule has 6 heteroatoms. The van der Waals surface area contributed by atoms with Crippen LogP contribution in [0.3, 0.4) is 0 Å². The van der Waals surface area contributed by atoms with Crippen LogP contribution in [0.2, 0.25) is 0 Å². The molecule has 0 bridgehead atoms. The molecule has 0 N–H and O–H groups in total. The molecule has 60 heavy (non-hydrogen) atoms. The third kappa shape index (κ3) is 6.34. The fourth-order valence-corrected chi connectivity index (χ4v) is 9.94. The van der Waals surface area contributed by atoms with Crippen molar-refractivity contribution in [2.24, 2.45) is 0 Å². The summed E-state index contributed by atoms with van der Waals surface area (Å²) in [5.41, 5.74) is 20.7. The zero-order chi connectivity index (χ0) is 43.0. The maximum absolute atomic E-state index is 7.28. The molecular formula is C54H63BN2O3. The highest BCUT2D eigenvalue weighted by Gasteiger charge is 2.48. The average Bonchev–Trinajstić information content (AvgIpc) is 3.37. The van der Waals surface area contributed by atoms with Gasteiger partial charge in [-0.2, -0.15) is 0 Å². The van der Waals surface area contributed by atoms with Crippen LogP contribution in [-0.4, -0.2) is 19.9 Å². The molecule has 9 rings (SSSR count). The molecule has 0 amide bonds. The third-order valence-electron chi connectivity index (χ3n) is 13.3. The van der Waals surface area contributed by atoms with Crippen LogP contribution >= 0.6 is 0 Å². The minimum atomic E-state index is -0.133. The van der Waals surface area contributed by atoms with Gasteiger partial charge in [-0.05, 0) is 136 Å². The van der Waals surface area contributed by atoms with E-state index in [-0.39, 0.29) is 28.9 Å². The minimum Gasteiger partial charge on any atom is -0.490 e. The lowest BCUT2D eigenvalue weighted by molar-refractivity contribution is 0.297. The predicted octanol–water partition coefficient (Wildman–Crippen LogP) is 12.9. The Hall–Kier alpha value is -5.10. The van der Waals surface area contributed by atoms with Gasteiger partial charge in [-0.25, -0.2) is 0 Å². The summed E-state index contributed by atoms with van der Waals surface area (Å²) in [7, 11) is 0. The van der Waals surface area contributed by atoms with E-state index in [4.69, 9.17) is 13.9 Å². The van der Waals surface area contributed by atoms with E-state index in [2.05, 4.69) is 180 Å². The molecule has 0 radical (unpaired) electrons. The summed E-state index contributed by atoms with van der Waals surface area (Å²) in [6, 6.07) is 26.0. The number of anilines is 6. The normalized spacial score (nSPS) is 15.0. The number of rotatable bonds is 3. The van der Waals surface area contributed by atoms with E-state index >= 15 is 0 Å². The molecule has 6 aromatic rings. The minimum absolute atomic E-state index is 0.0118. The van der Waals surface area contributed by atoms with Gasteiger partial charge in [-0.3, -0.25) is 4.90 Å². The van der Waals surface area contributed by atoms with E-state index in [0.717, 1.165) is 40.5 Å². The maximum atomic E-state index is 7.28. The zero-order valence-corrected chi connectivity index (χ0v) is 38.7. The van der Waals surface area contributed by atoms with Crippen LogP contribution < -0.4 is 35.7 Å². The van der Waals surface area contributed by atoms with Crippen molar-refractivity contribution in [3.63, 3.8) is 0 Å². The van der Waals surface area contributed by atoms with Crippen LogP contribution in [0, 0.1) is 27.7 Å². The number of aryl methyl sites for hydroxylation is 4. The standard InChI is InChI=1S/C54H63BN2O3/c1-30(2)35-25-42-48-43(26-35)57(50-33(5)23-38(24-34(50)6)54(13,14)15)51-47(39-27-36(52(7,8)9)17-18-44(39)60-51)55(48)40-28-45-46(59-20-16-19-58-45)29-41(40)56(42)49-31(3)21-37(22-32(49)4)53(10,11)12/h17-18,21-30H,16,19-20H2,1-15H3. The largest absolute Gasteiger partial charge is 0.490 e. The number of hydrogen-bond acceptors (Lipinski definition) is 5. The van der Waals surface area contributed by atoms with Gasteiger partial charge in [0, 0.05) is 40.4 Å². The van der Waals surface area contributed by atoms with Crippen LogP contribution in [0.15, 0.2) is 71.1 Å². The van der Waals surface area contributed by atoms with Gasteiger partial charge in [0.2, 0.25) is 5.88 Å². The van der Waals surface area contributed by atoms with E-state index in [9.17, 15) is 0 Å². The van der Waals surface area contributed by atoms with Gasteiger partial charge in [0.25, 0.3) is 6.71 Å². The molecule has 310 valence electrons. The summed E-state index contributed by atoms with van der Waals surface area (Å²) in [6.45, 7) is 35.6. The number of benzene rings is 5. The van der Waals surface area contributed by atoms with Gasteiger partial charge in [0.1, 0.15) is 5.58 Å². The number of nitrogens with zero attached hydrogens (tertiary/aromatic N) is 2. The second-order valence-electron chi connectivity index (χ2n) is 21.3. The fourth-order valence-electron chi connectivity index (χ4n) is 9.94. The topological polar surface area (TPSA) is 38.1 Å². The summed E-state index contributed by atoms with van der Waals surface area (Å²) < 4.78 is 20.3. The molecule has 3 aliphatic heterocycles. The Labute approximate surface area is 359 Å². The Kier molecular flexibility index (Phi) is 9.21. The second kappa shape index (κ2) is 13.7. The van der Waals surface area contributed by atoms with Gasteiger partial charge < -0.3 is 18.8 Å². The van der Waals surface area contributed by atoms with Crippen LogP contribution in [0.25, 0.3) is 11.0 Å². The van der Waals surface area contributed by atoms with Gasteiger partial charge in [-0.1, -0.05) is 106 Å². The first-order valence-corrected chi connectivity index (χ1v) is 22.2. The smallest absolute Gasteiger partial charge is 0.257 e. The Morgan fingerprint density at radius 1 is 0.550 bits per heavy atom. The maximum Gasteiger partial charge on any atom is 0.257 e. The number of ether oxygens (including phenoxy) is 2. The summed E-state index contributed by atoms with van der Waals surface area (Å²) in [5, 5.41) is 1.16. The number of hydrogen-bond donors (Lipinski definition) is 0. The lowest BCUT2D eigenvalue weighted by atomic mass is 9.33. The van der Waals surface area contributed by atoms with Gasteiger partial charge >= 0.3 is 0 Å². The molecule has 0 fully saturated rings. The molecule has 3 aliphatic rings. The van der Waals surface area contributed by atoms with Crippen molar-refractivity contribution in [2.75, 3.05) is 23.0 Å². The molecule has 0 spiro atoms. The summed E-state index contributed by atoms with van der Waals surface area (Å²) in [6.07, 6.45) is 0.842. The van der Waals surface area contributed by atoms with Crippen LogP contribution in [0.5, 0.6) is 11.5 Å². The summed E-state index contributed by atoms with van der Waals surface area (Å²) >= 11 is 0. The van der Waals surface area contributed by atoms with Crippen molar-refractivity contribution >= 4 is 68.4 Å². The molecule has 0 unspecified atom stereocenters. The lowest BCUT2D eigenvalue weighted by Crippen LogP contribution is -2.61. The zero-order valence-electron chi connectivity index (χ0n) is 38.7. The lowest BCUT2D eigenvalue weighted by Gasteiger charge is -2.44. The highest BCUT2D eigenvalue weighted by molar-refractivity contribution is 7.01. The monoisotopic (exact) mass is 798 g/mol. The summed E-state index contributed by atoms with van der Waals surface area (Å²) in [4.78, 5) is 5.05. The first kappa shape index (κ1) is 40.3. The van der Waals surface area contributed by atoms with E-state index < -0.39 is 0 Å². The highest BCUT2D eigenvalue weighted by Crippen LogP contribution is 2.51. The van der Waals surface area contributed by atoms with Gasteiger partial charge in [-0.15, -0.1) is 0 Å². The van der Waals surface area contributed by atoms with E-state index in [1.165, 1.54) is 83.6 Å².